The number of nitriles is 1. The number of rotatable bonds is 8. The third-order valence-electron chi connectivity index (χ3n) is 6.27. The van der Waals surface area contributed by atoms with Gasteiger partial charge in [0.1, 0.15) is 6.04 Å². The molecule has 2 aromatic rings. The number of anilines is 1. The summed E-state index contributed by atoms with van der Waals surface area (Å²) < 4.78 is 93.6. The number of alkyl halides is 3. The van der Waals surface area contributed by atoms with E-state index < -0.39 is 54.3 Å². The standard InChI is InChI=1S/C26H25F3N4O5S2/c1-5-6-7-13-40(37,38)33-24(21-12-11-18(16-30)14-22(21)39(4,35)36)23(31-3)17(2)32(25(33)34)20-10-8-9-19(15-20)26(27,28)29/h8-12,14-15,24H,5-7,13H2,1-2,4H3/t24-/m1/s1. The van der Waals surface area contributed by atoms with Crippen molar-refractivity contribution in [2.45, 2.75) is 50.2 Å². The van der Waals surface area contributed by atoms with Crippen LogP contribution in [0.15, 0.2) is 58.8 Å². The summed E-state index contributed by atoms with van der Waals surface area (Å²) in [6.07, 6.45) is -2.67. The number of allylic oxidation sites excluding steroid dienone is 1. The predicted molar refractivity (Wildman–Crippen MR) is 141 cm³/mol. The van der Waals surface area contributed by atoms with Crippen LogP contribution in [0.1, 0.15) is 55.8 Å². The maximum Gasteiger partial charge on any atom is 0.416 e. The summed E-state index contributed by atoms with van der Waals surface area (Å²) >= 11 is 0. The van der Waals surface area contributed by atoms with Gasteiger partial charge in [-0.1, -0.05) is 31.9 Å². The summed E-state index contributed by atoms with van der Waals surface area (Å²) in [7, 11) is -8.65. The minimum absolute atomic E-state index is 0.0562. The minimum Gasteiger partial charge on any atom is -0.277 e. The van der Waals surface area contributed by atoms with Crippen molar-refractivity contribution in [1.82, 2.24) is 4.31 Å². The van der Waals surface area contributed by atoms with Gasteiger partial charge in [-0.05, 0) is 49.2 Å². The molecule has 3 rings (SSSR count). The molecule has 0 saturated carbocycles. The van der Waals surface area contributed by atoms with Crippen LogP contribution >= 0.6 is 0 Å². The average molecular weight is 595 g/mol. The first kappa shape index (κ1) is 30.7. The summed E-state index contributed by atoms with van der Waals surface area (Å²) in [5.41, 5.74) is -2.27. The largest absolute Gasteiger partial charge is 0.416 e. The van der Waals surface area contributed by atoms with E-state index in [-0.39, 0.29) is 34.6 Å². The second-order valence-corrected chi connectivity index (χ2v) is 13.1. The molecule has 1 aliphatic rings. The lowest BCUT2D eigenvalue weighted by atomic mass is 9.98. The van der Waals surface area contributed by atoms with Crippen molar-refractivity contribution >= 4 is 31.6 Å². The fourth-order valence-corrected chi connectivity index (χ4v) is 6.95. The molecule has 1 atom stereocenters. The molecular weight excluding hydrogens is 569 g/mol. The highest BCUT2D eigenvalue weighted by Gasteiger charge is 2.47. The van der Waals surface area contributed by atoms with Gasteiger partial charge in [0.05, 0.1) is 34.4 Å². The van der Waals surface area contributed by atoms with Gasteiger partial charge in [0.15, 0.2) is 9.84 Å². The maximum absolute atomic E-state index is 14.0. The van der Waals surface area contributed by atoms with Crippen molar-refractivity contribution in [1.29, 1.82) is 5.26 Å². The molecule has 0 radical (unpaired) electrons. The molecule has 0 saturated heterocycles. The van der Waals surface area contributed by atoms with Gasteiger partial charge in [-0.2, -0.15) is 18.4 Å². The first-order valence-electron chi connectivity index (χ1n) is 11.9. The summed E-state index contributed by atoms with van der Waals surface area (Å²) in [6.45, 7) is 11.0. The van der Waals surface area contributed by atoms with E-state index in [0.717, 1.165) is 24.5 Å². The van der Waals surface area contributed by atoms with Crippen LogP contribution in [0.5, 0.6) is 0 Å². The third-order valence-corrected chi connectivity index (χ3v) is 9.20. The van der Waals surface area contributed by atoms with E-state index in [0.29, 0.717) is 28.1 Å². The van der Waals surface area contributed by atoms with Crippen LogP contribution in [-0.2, 0) is 26.0 Å². The summed E-state index contributed by atoms with van der Waals surface area (Å²) in [6, 6.07) is 5.87. The predicted octanol–water partition coefficient (Wildman–Crippen LogP) is 5.63. The molecule has 0 spiro atoms. The van der Waals surface area contributed by atoms with Crippen LogP contribution in [0.3, 0.4) is 0 Å². The van der Waals surface area contributed by atoms with Crippen molar-refractivity contribution in [3.05, 3.63) is 82.0 Å². The van der Waals surface area contributed by atoms with Crippen molar-refractivity contribution in [3.63, 3.8) is 0 Å². The van der Waals surface area contributed by atoms with Gasteiger partial charge in [0.25, 0.3) is 0 Å². The molecule has 1 heterocycles. The van der Waals surface area contributed by atoms with Gasteiger partial charge in [0.2, 0.25) is 15.7 Å². The van der Waals surface area contributed by atoms with Gasteiger partial charge in [-0.3, -0.25) is 4.90 Å². The van der Waals surface area contributed by atoms with Crippen molar-refractivity contribution in [3.8, 4) is 6.07 Å². The third kappa shape index (κ3) is 5.98. The van der Waals surface area contributed by atoms with E-state index in [4.69, 9.17) is 6.57 Å². The smallest absolute Gasteiger partial charge is 0.277 e. The molecule has 1 aliphatic heterocycles. The second kappa shape index (κ2) is 11.3. The van der Waals surface area contributed by atoms with E-state index in [9.17, 15) is 40.1 Å². The van der Waals surface area contributed by atoms with E-state index in [1.807, 2.05) is 6.92 Å². The van der Waals surface area contributed by atoms with Gasteiger partial charge >= 0.3 is 12.2 Å². The molecule has 212 valence electrons. The SMILES string of the molecule is [C-]#[N+]C1=C(C)N(c2cccc(C(F)(F)F)c2)C(=O)N(S(=O)(=O)CCCCC)[C@@H]1c1ccc(C#N)cc1S(C)(=O)=O. The monoisotopic (exact) mass is 594 g/mol. The molecule has 14 heteroatoms. The zero-order valence-electron chi connectivity index (χ0n) is 21.7. The Labute approximate surface area is 230 Å². The lowest BCUT2D eigenvalue weighted by molar-refractivity contribution is -0.137. The molecule has 2 amide bonds. The normalized spacial score (nSPS) is 16.6. The van der Waals surface area contributed by atoms with Crippen LogP contribution in [0.4, 0.5) is 23.7 Å². The van der Waals surface area contributed by atoms with Crippen molar-refractivity contribution in [2.75, 3.05) is 16.9 Å². The summed E-state index contributed by atoms with van der Waals surface area (Å²) in [5, 5.41) is 9.30. The lowest BCUT2D eigenvalue weighted by Crippen LogP contribution is -2.52. The summed E-state index contributed by atoms with van der Waals surface area (Å²) in [5.74, 6) is -0.533. The number of benzene rings is 2. The molecule has 9 nitrogen and oxygen atoms in total. The Morgan fingerprint density at radius 2 is 1.77 bits per heavy atom. The Morgan fingerprint density at radius 3 is 2.33 bits per heavy atom. The van der Waals surface area contributed by atoms with E-state index >= 15 is 0 Å². The number of carbonyl (C=O) groups excluding carboxylic acids is 1. The number of hydrogen-bond acceptors (Lipinski definition) is 6. The molecular formula is C26H25F3N4O5S2. The Balaban J connectivity index is 2.40. The first-order chi connectivity index (χ1) is 18.6. The fourth-order valence-electron chi connectivity index (χ4n) is 4.38. The Hall–Kier alpha value is -3.88. The van der Waals surface area contributed by atoms with E-state index in [2.05, 4.69) is 4.85 Å². The average Bonchev–Trinajstić information content (AvgIpc) is 2.87. The highest BCUT2D eigenvalue weighted by Crippen LogP contribution is 2.44. The van der Waals surface area contributed by atoms with Crippen molar-refractivity contribution in [2.24, 2.45) is 0 Å². The van der Waals surface area contributed by atoms with Crippen LogP contribution in [0.25, 0.3) is 4.85 Å². The van der Waals surface area contributed by atoms with Gasteiger partial charge in [-0.25, -0.2) is 30.8 Å². The minimum atomic E-state index is -4.77. The van der Waals surface area contributed by atoms with Crippen LogP contribution < -0.4 is 4.90 Å². The van der Waals surface area contributed by atoms with Crippen LogP contribution in [0.2, 0.25) is 0 Å². The quantitative estimate of drug-likeness (QED) is 0.288. The highest BCUT2D eigenvalue weighted by atomic mass is 32.2. The molecule has 0 fully saturated rings. The molecule has 2 aromatic carbocycles. The molecule has 0 unspecified atom stereocenters. The number of halogens is 3. The second-order valence-electron chi connectivity index (χ2n) is 9.11. The number of nitrogens with zero attached hydrogens (tertiary/aromatic N) is 4. The number of sulfone groups is 1. The number of urea groups is 1. The molecule has 0 N–H and O–H groups in total. The zero-order valence-corrected chi connectivity index (χ0v) is 23.4. The lowest BCUT2D eigenvalue weighted by Gasteiger charge is -2.41. The fraction of sp³-hybridized carbons (Fsp3) is 0.346. The zero-order chi connectivity index (χ0) is 30.0. The van der Waals surface area contributed by atoms with Gasteiger partial charge in [0, 0.05) is 17.6 Å². The number of sulfonamides is 1. The number of amides is 2. The molecule has 0 bridgehead atoms. The molecule has 0 aliphatic carbocycles. The van der Waals surface area contributed by atoms with Crippen LogP contribution in [-0.4, -0.2) is 39.2 Å². The maximum atomic E-state index is 14.0. The summed E-state index contributed by atoms with van der Waals surface area (Å²) in [4.78, 5) is 17.6. The highest BCUT2D eigenvalue weighted by molar-refractivity contribution is 7.90. The Kier molecular flexibility index (Phi) is 8.67. The topological polar surface area (TPSA) is 120 Å². The Morgan fingerprint density at radius 1 is 1.10 bits per heavy atom. The molecule has 0 aromatic heterocycles. The number of hydrogen-bond donors (Lipinski definition) is 0. The van der Waals surface area contributed by atoms with E-state index in [1.165, 1.54) is 25.1 Å². The Bertz CT molecular complexity index is 1670. The van der Waals surface area contributed by atoms with E-state index in [1.54, 1.807) is 6.07 Å². The molecule has 40 heavy (non-hydrogen) atoms. The van der Waals surface area contributed by atoms with Gasteiger partial charge < -0.3 is 0 Å². The van der Waals surface area contributed by atoms with Crippen LogP contribution in [0, 0.1) is 17.9 Å². The van der Waals surface area contributed by atoms with Crippen molar-refractivity contribution < 1.29 is 34.8 Å². The number of carbonyl (C=O) groups is 1. The van der Waals surface area contributed by atoms with Gasteiger partial charge in [-0.15, -0.1) is 0 Å². The first-order valence-corrected chi connectivity index (χ1v) is 15.4. The number of unbranched alkanes of at least 4 members (excludes halogenated alkanes) is 2.